The van der Waals surface area contributed by atoms with Gasteiger partial charge in [0.15, 0.2) is 0 Å². The summed E-state index contributed by atoms with van der Waals surface area (Å²) in [6, 6.07) is -0.168. The topological polar surface area (TPSA) is 83.6 Å². The monoisotopic (exact) mass is 504 g/mol. The Morgan fingerprint density at radius 2 is 2.03 bits per heavy atom. The molecule has 178 valence electrons. The Kier molecular flexibility index (Phi) is 18.3. The predicted molar refractivity (Wildman–Crippen MR) is 137 cm³/mol. The van der Waals surface area contributed by atoms with E-state index in [0.29, 0.717) is 37.3 Å². The predicted octanol–water partition coefficient (Wildman–Crippen LogP) is 5.04. The summed E-state index contributed by atoms with van der Waals surface area (Å²) in [5, 5.41) is 8.23. The molecule has 0 aliphatic rings. The van der Waals surface area contributed by atoms with E-state index in [9.17, 15) is 4.39 Å². The average Bonchev–Trinajstić information content (AvgIpc) is 2.63. The van der Waals surface area contributed by atoms with Crippen LogP contribution < -0.4 is 11.2 Å². The van der Waals surface area contributed by atoms with Crippen molar-refractivity contribution in [2.24, 2.45) is 5.73 Å². The molecule has 6 nitrogen and oxygen atoms in total. The maximum atomic E-state index is 13.3. The van der Waals surface area contributed by atoms with Gasteiger partial charge in [0.2, 0.25) is 5.60 Å². The second kappa shape index (κ2) is 16.9. The first kappa shape index (κ1) is 32.5. The number of ether oxygens (including phenoxy) is 1. The first-order valence-electron chi connectivity index (χ1n) is 9.62. The van der Waals surface area contributed by atoms with Gasteiger partial charge in [0.1, 0.15) is 12.2 Å². The largest absolute Gasteiger partial charge is 0.343 e. The molecule has 4 atom stereocenters. The molecule has 0 saturated heterocycles. The molecule has 0 aromatic carbocycles. The Hall–Kier alpha value is 0.300. The minimum Gasteiger partial charge on any atom is -0.343 e. The smallest absolute Gasteiger partial charge is 0.218 e. The van der Waals surface area contributed by atoms with Crippen LogP contribution in [0.3, 0.4) is 0 Å². The number of nitrogens with two attached hydrogens (primary N) is 1. The highest BCUT2D eigenvalue weighted by atomic mass is 35.5. The summed E-state index contributed by atoms with van der Waals surface area (Å²) >= 11 is 6.99. The van der Waals surface area contributed by atoms with Gasteiger partial charge in [-0.05, 0) is 58.9 Å². The zero-order chi connectivity index (χ0) is 22.5. The van der Waals surface area contributed by atoms with Crippen molar-refractivity contribution in [1.29, 1.82) is 5.41 Å². The average molecular weight is 505 g/mol. The number of hydrogen-bond donors (Lipinski definition) is 3. The highest BCUT2D eigenvalue weighted by Gasteiger charge is 2.28. The highest BCUT2D eigenvalue weighted by molar-refractivity contribution is 7.92. The SMILES string of the molecule is C=C(Cl)CCC(=C)[C@@](C)(CCCN)NOSN(C)C(C=N)CCCOC(C)(F)P.S. The van der Waals surface area contributed by atoms with E-state index in [1.807, 2.05) is 27.5 Å². The number of nitrogens with zero attached hydrogens (tertiary/aromatic N) is 1. The third-order valence-electron chi connectivity index (χ3n) is 4.47. The fraction of sp³-hybridized carbons (Fsp3) is 0.737. The number of hydroxylamine groups is 1. The maximum absolute atomic E-state index is 13.3. The Labute approximate surface area is 200 Å². The van der Waals surface area contributed by atoms with Crippen LogP contribution in [0.25, 0.3) is 0 Å². The maximum Gasteiger partial charge on any atom is 0.218 e. The van der Waals surface area contributed by atoms with E-state index in [1.54, 1.807) is 0 Å². The van der Waals surface area contributed by atoms with Crippen LogP contribution in [0, 0.1) is 5.41 Å². The van der Waals surface area contributed by atoms with Crippen LogP contribution in [0.15, 0.2) is 23.8 Å². The van der Waals surface area contributed by atoms with E-state index >= 15 is 0 Å². The molecular formula is C19H39ClFN4O2PS2. The Morgan fingerprint density at radius 3 is 2.53 bits per heavy atom. The standard InChI is InChI=1S/C19H37ClFN4O2PS.H2S/c1-15(9-10-16(2)20)18(3,11-7-12-22)24-27-29-25(5)17(14-23)8-6-13-26-19(4,21)28;/h14,17,23-24H,1-2,6-13,22,28H2,3-5H3;1H2/t17?,18-,19?;/m1./s1. The first-order chi connectivity index (χ1) is 13.4. The summed E-state index contributed by atoms with van der Waals surface area (Å²) in [6.07, 6.45) is 5.55. The molecule has 11 heteroatoms. The quantitative estimate of drug-likeness (QED) is 0.0461. The lowest BCUT2D eigenvalue weighted by Crippen LogP contribution is -2.44. The van der Waals surface area contributed by atoms with Crippen molar-refractivity contribution < 1.29 is 13.4 Å². The summed E-state index contributed by atoms with van der Waals surface area (Å²) in [4.78, 5) is 0. The van der Waals surface area contributed by atoms with Gasteiger partial charge in [-0.2, -0.15) is 19.0 Å². The summed E-state index contributed by atoms with van der Waals surface area (Å²) in [5.41, 5.74) is 7.54. The molecule has 0 radical (unpaired) electrons. The van der Waals surface area contributed by atoms with Gasteiger partial charge in [-0.3, -0.25) is 0 Å². The van der Waals surface area contributed by atoms with E-state index in [1.165, 1.54) is 13.1 Å². The zero-order valence-corrected chi connectivity index (χ0v) is 22.0. The molecule has 0 rings (SSSR count). The number of nitrogens with one attached hydrogen (secondary N) is 2. The van der Waals surface area contributed by atoms with E-state index < -0.39 is 11.1 Å². The van der Waals surface area contributed by atoms with Gasteiger partial charge in [-0.15, -0.1) is 0 Å². The number of alkyl halides is 1. The van der Waals surface area contributed by atoms with E-state index in [0.717, 1.165) is 30.6 Å². The zero-order valence-electron chi connectivity index (χ0n) is 18.3. The number of halogens is 2. The molecule has 3 unspecified atom stereocenters. The fourth-order valence-electron chi connectivity index (χ4n) is 2.48. The molecular weight excluding hydrogens is 466 g/mol. The Balaban J connectivity index is 0. The summed E-state index contributed by atoms with van der Waals surface area (Å²) in [5.74, 6) is 0. The molecule has 0 heterocycles. The molecule has 0 aliphatic carbocycles. The van der Waals surface area contributed by atoms with Gasteiger partial charge in [-0.25, -0.2) is 13.0 Å². The molecule has 4 N–H and O–H groups in total. The molecule has 0 fully saturated rings. The van der Waals surface area contributed by atoms with Crippen LogP contribution in [-0.4, -0.2) is 47.9 Å². The van der Waals surface area contributed by atoms with Crippen LogP contribution in [-0.2, 0) is 9.02 Å². The molecule has 0 saturated carbocycles. The van der Waals surface area contributed by atoms with Gasteiger partial charge in [0, 0.05) is 18.3 Å². The fourth-order valence-corrected chi connectivity index (χ4v) is 3.30. The van der Waals surface area contributed by atoms with Crippen LogP contribution in [0.4, 0.5) is 4.39 Å². The van der Waals surface area contributed by atoms with Gasteiger partial charge in [0.05, 0.1) is 18.2 Å². The van der Waals surface area contributed by atoms with Crippen molar-refractivity contribution in [2.75, 3.05) is 20.2 Å². The van der Waals surface area contributed by atoms with Gasteiger partial charge in [0.25, 0.3) is 0 Å². The molecule has 0 amide bonds. The van der Waals surface area contributed by atoms with E-state index in [2.05, 4.69) is 18.6 Å². The Bertz CT molecular complexity index is 529. The normalized spacial score (nSPS) is 16.3. The van der Waals surface area contributed by atoms with Gasteiger partial charge < -0.3 is 15.9 Å². The minimum atomic E-state index is -1.72. The van der Waals surface area contributed by atoms with Gasteiger partial charge >= 0.3 is 0 Å². The lowest BCUT2D eigenvalue weighted by atomic mass is 9.86. The van der Waals surface area contributed by atoms with Crippen molar-refractivity contribution >= 4 is 52.8 Å². The second-order valence-corrected chi connectivity index (χ2v) is 9.82. The van der Waals surface area contributed by atoms with Crippen LogP contribution >= 0.6 is 46.6 Å². The van der Waals surface area contributed by atoms with Crippen LogP contribution in [0.1, 0.15) is 52.4 Å². The number of allylic oxidation sites excluding steroid dienone is 1. The lowest BCUT2D eigenvalue weighted by molar-refractivity contribution is -0.0578. The molecule has 0 aliphatic heterocycles. The second-order valence-electron chi connectivity index (χ2n) is 7.36. The summed E-state index contributed by atoms with van der Waals surface area (Å²) in [7, 11) is 3.84. The summed E-state index contributed by atoms with van der Waals surface area (Å²) in [6.45, 7) is 12.1. The summed E-state index contributed by atoms with van der Waals surface area (Å²) < 4.78 is 25.8. The third-order valence-corrected chi connectivity index (χ3v) is 5.49. The molecule has 0 aromatic rings. The van der Waals surface area contributed by atoms with E-state index in [-0.39, 0.29) is 26.1 Å². The van der Waals surface area contributed by atoms with Crippen molar-refractivity contribution in [3.8, 4) is 0 Å². The van der Waals surface area contributed by atoms with Crippen molar-refractivity contribution in [3.63, 3.8) is 0 Å². The number of rotatable bonds is 18. The molecule has 0 aromatic heterocycles. The molecule has 0 spiro atoms. The lowest BCUT2D eigenvalue weighted by Gasteiger charge is -2.33. The first-order valence-corrected chi connectivity index (χ1v) is 11.3. The highest BCUT2D eigenvalue weighted by Crippen LogP contribution is 2.28. The van der Waals surface area contributed by atoms with Crippen LogP contribution in [0.2, 0.25) is 0 Å². The molecule has 30 heavy (non-hydrogen) atoms. The van der Waals surface area contributed by atoms with Crippen molar-refractivity contribution in [2.45, 2.75) is 69.5 Å². The van der Waals surface area contributed by atoms with E-state index in [4.69, 9.17) is 31.8 Å². The minimum absolute atomic E-state index is 0. The van der Waals surface area contributed by atoms with Gasteiger partial charge in [-0.1, -0.05) is 39.6 Å². The Morgan fingerprint density at radius 1 is 1.40 bits per heavy atom. The number of hydrogen-bond acceptors (Lipinski definition) is 7. The molecule has 0 bridgehead atoms. The van der Waals surface area contributed by atoms with Crippen molar-refractivity contribution in [3.05, 3.63) is 23.8 Å². The third kappa shape index (κ3) is 15.2. The van der Waals surface area contributed by atoms with Crippen LogP contribution in [0.5, 0.6) is 0 Å². The van der Waals surface area contributed by atoms with Crippen molar-refractivity contribution in [1.82, 2.24) is 9.79 Å².